The fourth-order valence-electron chi connectivity index (χ4n) is 5.63. The standard InChI is InChI=1S/C21H34O3/c1-13(2)14(3)6-7-15(4)16-8-9-17-18-12-19(22)24-21(18,23)11-10-20(16,17)5/h12-17,23H,6-11H2,1-5H3/t14-,15+,16+,17-,20+,21-/m0/s1. The Morgan fingerprint density at radius 1 is 1.21 bits per heavy atom. The quantitative estimate of drug-likeness (QED) is 0.742. The van der Waals surface area contributed by atoms with E-state index >= 15 is 0 Å². The third-order valence-electron chi connectivity index (χ3n) is 7.68. The summed E-state index contributed by atoms with van der Waals surface area (Å²) in [6.45, 7) is 11.8. The molecule has 1 N–H and O–H groups in total. The van der Waals surface area contributed by atoms with Gasteiger partial charge < -0.3 is 9.84 Å². The summed E-state index contributed by atoms with van der Waals surface area (Å²) >= 11 is 0. The lowest BCUT2D eigenvalue weighted by Gasteiger charge is -2.47. The van der Waals surface area contributed by atoms with Gasteiger partial charge in [0.25, 0.3) is 0 Å². The molecule has 3 aliphatic rings. The van der Waals surface area contributed by atoms with E-state index in [0.717, 1.165) is 30.3 Å². The van der Waals surface area contributed by atoms with Gasteiger partial charge in [-0.15, -0.1) is 0 Å². The number of hydrogen-bond acceptors (Lipinski definition) is 3. The van der Waals surface area contributed by atoms with Gasteiger partial charge in [0, 0.05) is 18.1 Å². The molecule has 24 heavy (non-hydrogen) atoms. The molecule has 2 aliphatic carbocycles. The van der Waals surface area contributed by atoms with Crippen LogP contribution in [0.15, 0.2) is 11.6 Å². The molecule has 0 bridgehead atoms. The number of ether oxygens (including phenoxy) is 1. The van der Waals surface area contributed by atoms with E-state index in [1.165, 1.54) is 19.3 Å². The van der Waals surface area contributed by atoms with Crippen LogP contribution in [-0.4, -0.2) is 16.9 Å². The second-order valence-electron chi connectivity index (χ2n) is 9.32. The van der Waals surface area contributed by atoms with Crippen LogP contribution >= 0.6 is 0 Å². The van der Waals surface area contributed by atoms with Gasteiger partial charge in [-0.2, -0.15) is 0 Å². The highest BCUT2D eigenvalue weighted by atomic mass is 16.7. The summed E-state index contributed by atoms with van der Waals surface area (Å²) in [5, 5.41) is 10.7. The molecule has 136 valence electrons. The Labute approximate surface area is 146 Å². The molecule has 3 nitrogen and oxygen atoms in total. The van der Waals surface area contributed by atoms with Gasteiger partial charge in [-0.1, -0.05) is 47.5 Å². The Bertz CT molecular complexity index is 537. The van der Waals surface area contributed by atoms with E-state index in [0.29, 0.717) is 24.2 Å². The van der Waals surface area contributed by atoms with Crippen molar-refractivity contribution in [2.75, 3.05) is 0 Å². The lowest BCUT2D eigenvalue weighted by Crippen LogP contribution is -2.46. The zero-order valence-corrected chi connectivity index (χ0v) is 16.0. The number of esters is 1. The Morgan fingerprint density at radius 3 is 2.58 bits per heavy atom. The Morgan fingerprint density at radius 2 is 1.92 bits per heavy atom. The van der Waals surface area contributed by atoms with E-state index in [9.17, 15) is 9.90 Å². The molecule has 2 fully saturated rings. The Hall–Kier alpha value is -0.830. The van der Waals surface area contributed by atoms with E-state index < -0.39 is 5.79 Å². The normalized spacial score (nSPS) is 40.8. The van der Waals surface area contributed by atoms with Crippen LogP contribution in [0, 0.1) is 35.0 Å². The molecule has 6 atom stereocenters. The zero-order chi connectivity index (χ0) is 17.7. The van der Waals surface area contributed by atoms with Crippen molar-refractivity contribution in [3.05, 3.63) is 11.6 Å². The minimum atomic E-state index is -1.30. The van der Waals surface area contributed by atoms with E-state index in [1.54, 1.807) is 6.08 Å². The first kappa shape index (κ1) is 18.0. The summed E-state index contributed by atoms with van der Waals surface area (Å²) < 4.78 is 5.23. The SMILES string of the molecule is CC(C)[C@@H](C)CC[C@@H](C)[C@H]1CC[C@H]2C3=CC(=O)O[C@@]3(O)CC[C@]12C. The van der Waals surface area contributed by atoms with E-state index in [-0.39, 0.29) is 11.4 Å². The van der Waals surface area contributed by atoms with Crippen molar-refractivity contribution < 1.29 is 14.6 Å². The maximum absolute atomic E-state index is 11.7. The number of carbonyl (C=O) groups excluding carboxylic acids is 1. The van der Waals surface area contributed by atoms with Crippen LogP contribution in [0.2, 0.25) is 0 Å². The van der Waals surface area contributed by atoms with E-state index in [4.69, 9.17) is 4.74 Å². The summed E-state index contributed by atoms with van der Waals surface area (Å²) in [6.07, 6.45) is 7.96. The van der Waals surface area contributed by atoms with Crippen molar-refractivity contribution in [3.8, 4) is 0 Å². The summed E-state index contributed by atoms with van der Waals surface area (Å²) in [5.41, 5.74) is 1.07. The fourth-order valence-corrected chi connectivity index (χ4v) is 5.63. The van der Waals surface area contributed by atoms with Gasteiger partial charge in [0.2, 0.25) is 5.79 Å². The van der Waals surface area contributed by atoms with Gasteiger partial charge in [0.15, 0.2) is 0 Å². The van der Waals surface area contributed by atoms with Gasteiger partial charge in [-0.25, -0.2) is 4.79 Å². The fraction of sp³-hybridized carbons (Fsp3) is 0.857. The maximum Gasteiger partial charge on any atom is 0.333 e. The van der Waals surface area contributed by atoms with Crippen molar-refractivity contribution in [1.29, 1.82) is 0 Å². The molecule has 0 unspecified atom stereocenters. The van der Waals surface area contributed by atoms with Crippen molar-refractivity contribution in [2.24, 2.45) is 35.0 Å². The summed E-state index contributed by atoms with van der Waals surface area (Å²) in [7, 11) is 0. The van der Waals surface area contributed by atoms with Gasteiger partial charge in [0.1, 0.15) is 0 Å². The molecule has 0 aromatic heterocycles. The molecule has 3 heteroatoms. The Balaban J connectivity index is 1.73. The van der Waals surface area contributed by atoms with E-state index in [2.05, 4.69) is 34.6 Å². The van der Waals surface area contributed by atoms with Crippen LogP contribution in [-0.2, 0) is 9.53 Å². The predicted octanol–water partition coefficient (Wildman–Crippen LogP) is 4.69. The average molecular weight is 335 g/mol. The number of hydrogen-bond donors (Lipinski definition) is 1. The first-order chi connectivity index (χ1) is 11.2. The van der Waals surface area contributed by atoms with Gasteiger partial charge in [-0.3, -0.25) is 0 Å². The van der Waals surface area contributed by atoms with Crippen molar-refractivity contribution >= 4 is 5.97 Å². The average Bonchev–Trinajstić information content (AvgIpc) is 3.00. The first-order valence-electron chi connectivity index (χ1n) is 9.85. The second kappa shape index (κ2) is 6.16. The third kappa shape index (κ3) is 2.83. The molecule has 0 aromatic carbocycles. The molecular weight excluding hydrogens is 300 g/mol. The van der Waals surface area contributed by atoms with Crippen LogP contribution in [0.3, 0.4) is 0 Å². The van der Waals surface area contributed by atoms with Crippen LogP contribution in [0.5, 0.6) is 0 Å². The monoisotopic (exact) mass is 334 g/mol. The van der Waals surface area contributed by atoms with Crippen molar-refractivity contribution in [3.63, 3.8) is 0 Å². The number of aliphatic hydroxyl groups is 1. The predicted molar refractivity (Wildman–Crippen MR) is 95.1 cm³/mol. The third-order valence-corrected chi connectivity index (χ3v) is 7.68. The molecule has 1 aliphatic heterocycles. The maximum atomic E-state index is 11.7. The lowest BCUT2D eigenvalue weighted by atomic mass is 9.59. The highest BCUT2D eigenvalue weighted by Crippen LogP contribution is 2.62. The number of carbonyl (C=O) groups is 1. The molecular formula is C21H34O3. The summed E-state index contributed by atoms with van der Waals surface area (Å²) in [6, 6.07) is 0. The highest BCUT2D eigenvalue weighted by Gasteiger charge is 2.59. The molecule has 0 spiro atoms. The van der Waals surface area contributed by atoms with Crippen LogP contribution in [0.1, 0.15) is 73.1 Å². The zero-order valence-electron chi connectivity index (χ0n) is 16.0. The second-order valence-corrected chi connectivity index (χ2v) is 9.32. The number of fused-ring (bicyclic) bond motifs is 3. The largest absolute Gasteiger partial charge is 0.426 e. The summed E-state index contributed by atoms with van der Waals surface area (Å²) in [5.74, 6) is 1.55. The van der Waals surface area contributed by atoms with E-state index in [1.807, 2.05) is 0 Å². The Kier molecular flexibility index (Phi) is 4.61. The molecule has 1 heterocycles. The first-order valence-corrected chi connectivity index (χ1v) is 9.85. The molecule has 0 amide bonds. The van der Waals surface area contributed by atoms with Crippen molar-refractivity contribution in [1.82, 2.24) is 0 Å². The minimum Gasteiger partial charge on any atom is -0.426 e. The highest BCUT2D eigenvalue weighted by molar-refractivity contribution is 5.86. The van der Waals surface area contributed by atoms with Crippen molar-refractivity contribution in [2.45, 2.75) is 78.9 Å². The van der Waals surface area contributed by atoms with Crippen LogP contribution in [0.4, 0.5) is 0 Å². The summed E-state index contributed by atoms with van der Waals surface area (Å²) in [4.78, 5) is 11.7. The van der Waals surface area contributed by atoms with Gasteiger partial charge >= 0.3 is 5.97 Å². The molecule has 3 rings (SSSR count). The van der Waals surface area contributed by atoms with Crippen LogP contribution in [0.25, 0.3) is 0 Å². The van der Waals surface area contributed by atoms with Gasteiger partial charge in [-0.05, 0) is 54.3 Å². The van der Waals surface area contributed by atoms with Gasteiger partial charge in [0.05, 0.1) is 0 Å². The molecule has 0 radical (unpaired) electrons. The minimum absolute atomic E-state index is 0.201. The topological polar surface area (TPSA) is 46.5 Å². The molecule has 0 saturated heterocycles. The smallest absolute Gasteiger partial charge is 0.333 e. The lowest BCUT2D eigenvalue weighted by molar-refractivity contribution is -0.196. The molecule has 0 aromatic rings. The molecule has 2 saturated carbocycles. The number of rotatable bonds is 5. The van der Waals surface area contributed by atoms with Crippen LogP contribution < -0.4 is 0 Å².